The molecule has 1 amide bonds. The van der Waals surface area contributed by atoms with Gasteiger partial charge in [0, 0.05) is 44.2 Å². The Morgan fingerprint density at radius 2 is 1.68 bits per heavy atom. The van der Waals surface area contributed by atoms with Gasteiger partial charge < -0.3 is 10.6 Å². The van der Waals surface area contributed by atoms with Gasteiger partial charge in [-0.1, -0.05) is 19.3 Å². The molecule has 0 spiro atoms. The molecule has 0 atom stereocenters. The zero-order valence-corrected chi connectivity index (χ0v) is 11.9. The SMILES string of the molecule is NC1(CN2CCN(C(=O)C3CCCCC3)CC2)CC1. The summed E-state index contributed by atoms with van der Waals surface area (Å²) >= 11 is 0. The lowest BCUT2D eigenvalue weighted by Gasteiger charge is -2.38. The molecular weight excluding hydrogens is 238 g/mol. The summed E-state index contributed by atoms with van der Waals surface area (Å²) in [5, 5.41) is 0. The van der Waals surface area contributed by atoms with Crippen molar-refractivity contribution in [3.63, 3.8) is 0 Å². The van der Waals surface area contributed by atoms with Crippen molar-refractivity contribution in [1.29, 1.82) is 0 Å². The molecule has 0 aromatic heterocycles. The minimum absolute atomic E-state index is 0.107. The fourth-order valence-electron chi connectivity index (χ4n) is 3.50. The van der Waals surface area contributed by atoms with Crippen molar-refractivity contribution >= 4 is 5.91 Å². The molecule has 1 aliphatic heterocycles. The Kier molecular flexibility index (Phi) is 3.81. The standard InChI is InChI=1S/C15H27N3O/c16-15(6-7-15)12-17-8-10-18(11-9-17)14(19)13-4-2-1-3-5-13/h13H,1-12,16H2. The molecule has 3 rings (SSSR count). The van der Waals surface area contributed by atoms with E-state index in [0.29, 0.717) is 11.8 Å². The van der Waals surface area contributed by atoms with E-state index in [1.54, 1.807) is 0 Å². The summed E-state index contributed by atoms with van der Waals surface area (Å²) in [5.41, 5.74) is 6.27. The molecule has 3 aliphatic rings. The van der Waals surface area contributed by atoms with Gasteiger partial charge in [0.2, 0.25) is 5.91 Å². The van der Waals surface area contributed by atoms with Gasteiger partial charge in [-0.25, -0.2) is 0 Å². The van der Waals surface area contributed by atoms with E-state index in [1.807, 2.05) is 0 Å². The molecule has 0 aromatic carbocycles. The van der Waals surface area contributed by atoms with Crippen LogP contribution in [0.1, 0.15) is 44.9 Å². The smallest absolute Gasteiger partial charge is 0.225 e. The van der Waals surface area contributed by atoms with E-state index in [0.717, 1.165) is 45.6 Å². The maximum atomic E-state index is 12.4. The third-order valence-corrected chi connectivity index (χ3v) is 5.07. The molecule has 2 saturated carbocycles. The number of rotatable bonds is 3. The van der Waals surface area contributed by atoms with Crippen LogP contribution in [0.2, 0.25) is 0 Å². The molecule has 0 aromatic rings. The third-order valence-electron chi connectivity index (χ3n) is 5.07. The number of hydrogen-bond donors (Lipinski definition) is 1. The van der Waals surface area contributed by atoms with Crippen LogP contribution in [-0.4, -0.2) is 54.0 Å². The number of amides is 1. The van der Waals surface area contributed by atoms with Crippen LogP contribution in [0.4, 0.5) is 0 Å². The lowest BCUT2D eigenvalue weighted by atomic mass is 9.88. The highest BCUT2D eigenvalue weighted by Gasteiger charge is 2.40. The van der Waals surface area contributed by atoms with Gasteiger partial charge in [-0.2, -0.15) is 0 Å². The van der Waals surface area contributed by atoms with Gasteiger partial charge >= 0.3 is 0 Å². The number of nitrogens with two attached hydrogens (primary N) is 1. The second-order valence-electron chi connectivity index (χ2n) is 6.80. The fraction of sp³-hybridized carbons (Fsp3) is 0.933. The molecule has 2 aliphatic carbocycles. The predicted octanol–water partition coefficient (Wildman–Crippen LogP) is 1.20. The first-order chi connectivity index (χ1) is 9.16. The Bertz CT molecular complexity index is 326. The Balaban J connectivity index is 1.45. The monoisotopic (exact) mass is 265 g/mol. The second kappa shape index (κ2) is 5.41. The van der Waals surface area contributed by atoms with Crippen molar-refractivity contribution in [2.24, 2.45) is 11.7 Å². The van der Waals surface area contributed by atoms with Gasteiger partial charge in [-0.15, -0.1) is 0 Å². The van der Waals surface area contributed by atoms with Crippen molar-refractivity contribution in [3.8, 4) is 0 Å². The maximum absolute atomic E-state index is 12.4. The van der Waals surface area contributed by atoms with Crippen LogP contribution in [-0.2, 0) is 4.79 Å². The molecule has 4 heteroatoms. The van der Waals surface area contributed by atoms with Gasteiger partial charge in [0.1, 0.15) is 0 Å². The zero-order valence-electron chi connectivity index (χ0n) is 11.9. The second-order valence-corrected chi connectivity index (χ2v) is 6.80. The van der Waals surface area contributed by atoms with E-state index in [4.69, 9.17) is 5.73 Å². The van der Waals surface area contributed by atoms with Crippen LogP contribution in [0.25, 0.3) is 0 Å². The van der Waals surface area contributed by atoms with Gasteiger partial charge in [0.15, 0.2) is 0 Å². The molecular formula is C15H27N3O. The summed E-state index contributed by atoms with van der Waals surface area (Å²) in [7, 11) is 0. The average Bonchev–Trinajstić information content (AvgIpc) is 3.17. The van der Waals surface area contributed by atoms with Crippen molar-refractivity contribution in [3.05, 3.63) is 0 Å². The molecule has 0 unspecified atom stereocenters. The Morgan fingerprint density at radius 1 is 1.05 bits per heavy atom. The average molecular weight is 265 g/mol. The van der Waals surface area contributed by atoms with E-state index in [-0.39, 0.29) is 5.54 Å². The maximum Gasteiger partial charge on any atom is 0.225 e. The molecule has 108 valence electrons. The number of nitrogens with zero attached hydrogens (tertiary/aromatic N) is 2. The molecule has 0 bridgehead atoms. The molecule has 2 N–H and O–H groups in total. The van der Waals surface area contributed by atoms with E-state index < -0.39 is 0 Å². The first kappa shape index (κ1) is 13.4. The largest absolute Gasteiger partial charge is 0.340 e. The predicted molar refractivity (Wildman–Crippen MR) is 75.7 cm³/mol. The normalized spacial score (nSPS) is 28.4. The van der Waals surface area contributed by atoms with Gasteiger partial charge in [0.05, 0.1) is 0 Å². The minimum atomic E-state index is 0.107. The quantitative estimate of drug-likeness (QED) is 0.834. The summed E-state index contributed by atoms with van der Waals surface area (Å²) in [4.78, 5) is 17.0. The molecule has 3 fully saturated rings. The molecule has 1 saturated heterocycles. The molecule has 19 heavy (non-hydrogen) atoms. The van der Waals surface area contributed by atoms with Crippen molar-refractivity contribution < 1.29 is 4.79 Å². The summed E-state index contributed by atoms with van der Waals surface area (Å²) in [6.45, 7) is 4.87. The van der Waals surface area contributed by atoms with Gasteiger partial charge in [-0.05, 0) is 25.7 Å². The van der Waals surface area contributed by atoms with Crippen LogP contribution in [0.3, 0.4) is 0 Å². The zero-order chi connectivity index (χ0) is 13.3. The lowest BCUT2D eigenvalue weighted by Crippen LogP contribution is -2.53. The van der Waals surface area contributed by atoms with Gasteiger partial charge in [-0.3, -0.25) is 9.69 Å². The highest BCUT2D eigenvalue weighted by atomic mass is 16.2. The number of carbonyl (C=O) groups excluding carboxylic acids is 1. The minimum Gasteiger partial charge on any atom is -0.340 e. The van der Waals surface area contributed by atoms with Gasteiger partial charge in [0.25, 0.3) is 0 Å². The summed E-state index contributed by atoms with van der Waals surface area (Å²) in [6.07, 6.45) is 8.38. The van der Waals surface area contributed by atoms with Crippen molar-refractivity contribution in [2.45, 2.75) is 50.5 Å². The number of carbonyl (C=O) groups is 1. The van der Waals surface area contributed by atoms with Crippen LogP contribution in [0.5, 0.6) is 0 Å². The highest BCUT2D eigenvalue weighted by Crippen LogP contribution is 2.33. The first-order valence-corrected chi connectivity index (χ1v) is 7.96. The number of hydrogen-bond acceptors (Lipinski definition) is 3. The van der Waals surface area contributed by atoms with Crippen molar-refractivity contribution in [2.75, 3.05) is 32.7 Å². The Labute approximate surface area is 116 Å². The highest BCUT2D eigenvalue weighted by molar-refractivity contribution is 5.79. The van der Waals surface area contributed by atoms with Crippen LogP contribution >= 0.6 is 0 Å². The summed E-state index contributed by atoms with van der Waals surface area (Å²) in [6, 6.07) is 0. The first-order valence-electron chi connectivity index (χ1n) is 7.96. The topological polar surface area (TPSA) is 49.6 Å². The summed E-state index contributed by atoms with van der Waals surface area (Å²) in [5.74, 6) is 0.748. The van der Waals surface area contributed by atoms with Crippen LogP contribution < -0.4 is 5.73 Å². The fourth-order valence-corrected chi connectivity index (χ4v) is 3.50. The van der Waals surface area contributed by atoms with Crippen LogP contribution in [0.15, 0.2) is 0 Å². The molecule has 0 radical (unpaired) electrons. The van der Waals surface area contributed by atoms with E-state index >= 15 is 0 Å². The van der Waals surface area contributed by atoms with E-state index in [9.17, 15) is 4.79 Å². The Morgan fingerprint density at radius 3 is 2.26 bits per heavy atom. The van der Waals surface area contributed by atoms with E-state index in [2.05, 4.69) is 9.80 Å². The summed E-state index contributed by atoms with van der Waals surface area (Å²) < 4.78 is 0. The molecule has 4 nitrogen and oxygen atoms in total. The molecule has 1 heterocycles. The van der Waals surface area contributed by atoms with Crippen molar-refractivity contribution in [1.82, 2.24) is 9.80 Å². The van der Waals surface area contributed by atoms with Crippen LogP contribution in [0, 0.1) is 5.92 Å². The van der Waals surface area contributed by atoms with E-state index in [1.165, 1.54) is 32.1 Å². The number of piperazine rings is 1. The third kappa shape index (κ3) is 3.29. The lowest BCUT2D eigenvalue weighted by molar-refractivity contribution is -0.138. The Hall–Kier alpha value is -0.610.